The fraction of sp³-hybridized carbons (Fsp3) is 0.190. The second kappa shape index (κ2) is 8.14. The van der Waals surface area contributed by atoms with Gasteiger partial charge in [0.05, 0.1) is 7.11 Å². The minimum atomic E-state index is -0.907. The van der Waals surface area contributed by atoms with Gasteiger partial charge in [0, 0.05) is 16.5 Å². The molecule has 0 aliphatic heterocycles. The highest BCUT2D eigenvalue weighted by Gasteiger charge is 2.22. The molecule has 1 aromatic heterocycles. The molecule has 6 heteroatoms. The van der Waals surface area contributed by atoms with Crippen LogP contribution in [0.1, 0.15) is 33.3 Å². The SMILES string of the molecule is COc1ccc(C(=O)[C@H](C)OC(=O)c2csc(-c3ccc(C)cc3)n2)cc1. The molecule has 3 rings (SSSR count). The third-order valence-electron chi connectivity index (χ3n) is 4.04. The van der Waals surface area contributed by atoms with Crippen molar-refractivity contribution in [1.29, 1.82) is 0 Å². The van der Waals surface area contributed by atoms with Crippen molar-refractivity contribution in [3.63, 3.8) is 0 Å². The second-order valence-corrected chi connectivity index (χ2v) is 6.90. The lowest BCUT2D eigenvalue weighted by molar-refractivity contribution is 0.0314. The van der Waals surface area contributed by atoms with Crippen molar-refractivity contribution < 1.29 is 19.1 Å². The first-order valence-electron chi connectivity index (χ1n) is 8.39. The zero-order valence-electron chi connectivity index (χ0n) is 15.3. The smallest absolute Gasteiger partial charge is 0.358 e. The van der Waals surface area contributed by atoms with E-state index in [1.807, 2.05) is 31.2 Å². The van der Waals surface area contributed by atoms with E-state index in [1.54, 1.807) is 43.7 Å². The van der Waals surface area contributed by atoms with Crippen LogP contribution in [0.25, 0.3) is 10.6 Å². The van der Waals surface area contributed by atoms with Crippen molar-refractivity contribution in [3.8, 4) is 16.3 Å². The first-order chi connectivity index (χ1) is 13.0. The molecule has 0 aliphatic carbocycles. The molecule has 0 unspecified atom stereocenters. The summed E-state index contributed by atoms with van der Waals surface area (Å²) in [6.45, 7) is 3.56. The molecule has 138 valence electrons. The van der Waals surface area contributed by atoms with Crippen molar-refractivity contribution in [2.24, 2.45) is 0 Å². The number of ketones is 1. The molecule has 0 bridgehead atoms. The van der Waals surface area contributed by atoms with Gasteiger partial charge in [-0.05, 0) is 38.1 Å². The maximum Gasteiger partial charge on any atom is 0.358 e. The number of aryl methyl sites for hydroxylation is 1. The van der Waals surface area contributed by atoms with Crippen LogP contribution in [0.4, 0.5) is 0 Å². The quantitative estimate of drug-likeness (QED) is 0.463. The first-order valence-corrected chi connectivity index (χ1v) is 9.27. The van der Waals surface area contributed by atoms with Crippen molar-refractivity contribution in [2.45, 2.75) is 20.0 Å². The number of benzene rings is 2. The molecule has 0 amide bonds. The summed E-state index contributed by atoms with van der Waals surface area (Å²) in [5.41, 5.74) is 2.74. The molecule has 0 spiro atoms. The van der Waals surface area contributed by atoms with Crippen LogP contribution in [0, 0.1) is 6.92 Å². The zero-order valence-corrected chi connectivity index (χ0v) is 16.1. The summed E-state index contributed by atoms with van der Waals surface area (Å²) in [6.07, 6.45) is -0.907. The standard InChI is InChI=1S/C21H19NO4S/c1-13-4-6-16(7-5-13)20-22-18(12-27-20)21(24)26-14(2)19(23)15-8-10-17(25-3)11-9-15/h4-12,14H,1-3H3/t14-/m0/s1. The highest BCUT2D eigenvalue weighted by atomic mass is 32.1. The molecular weight excluding hydrogens is 362 g/mol. The van der Waals surface area contributed by atoms with E-state index >= 15 is 0 Å². The number of carbonyl (C=O) groups is 2. The fourth-order valence-corrected chi connectivity index (χ4v) is 3.26. The molecule has 0 N–H and O–H groups in total. The molecule has 2 aromatic carbocycles. The summed E-state index contributed by atoms with van der Waals surface area (Å²) >= 11 is 1.36. The maximum atomic E-state index is 12.4. The van der Waals surface area contributed by atoms with Crippen LogP contribution in [0.15, 0.2) is 53.9 Å². The van der Waals surface area contributed by atoms with Gasteiger partial charge in [0.25, 0.3) is 0 Å². The van der Waals surface area contributed by atoms with E-state index in [-0.39, 0.29) is 11.5 Å². The minimum absolute atomic E-state index is 0.199. The molecular formula is C21H19NO4S. The summed E-state index contributed by atoms with van der Waals surface area (Å²) in [6, 6.07) is 14.6. The van der Waals surface area contributed by atoms with Gasteiger partial charge in [-0.1, -0.05) is 29.8 Å². The number of aromatic nitrogens is 1. The summed E-state index contributed by atoms with van der Waals surface area (Å²) < 4.78 is 10.4. The third-order valence-corrected chi connectivity index (χ3v) is 4.93. The van der Waals surface area contributed by atoms with Gasteiger partial charge in [0.15, 0.2) is 11.8 Å². The van der Waals surface area contributed by atoms with Gasteiger partial charge in [0.1, 0.15) is 10.8 Å². The minimum Gasteiger partial charge on any atom is -0.497 e. The summed E-state index contributed by atoms with van der Waals surface area (Å²) in [4.78, 5) is 29.1. The van der Waals surface area contributed by atoms with Gasteiger partial charge in [-0.2, -0.15) is 0 Å². The van der Waals surface area contributed by atoms with Gasteiger partial charge < -0.3 is 9.47 Å². The molecule has 0 aliphatic rings. The first kappa shape index (κ1) is 18.8. The number of carbonyl (C=O) groups excluding carboxylic acids is 2. The van der Waals surface area contributed by atoms with E-state index < -0.39 is 12.1 Å². The van der Waals surface area contributed by atoms with Crippen LogP contribution >= 0.6 is 11.3 Å². The fourth-order valence-electron chi connectivity index (χ4n) is 2.46. The van der Waals surface area contributed by atoms with Gasteiger partial charge >= 0.3 is 5.97 Å². The topological polar surface area (TPSA) is 65.5 Å². The number of Topliss-reactive ketones (excluding diaryl/α,β-unsaturated/α-hetero) is 1. The Labute approximate surface area is 161 Å². The molecule has 3 aromatic rings. The number of methoxy groups -OCH3 is 1. The van der Waals surface area contributed by atoms with Crippen LogP contribution in [0.2, 0.25) is 0 Å². The van der Waals surface area contributed by atoms with Crippen LogP contribution in [-0.2, 0) is 4.74 Å². The normalized spacial score (nSPS) is 11.7. The monoisotopic (exact) mass is 381 g/mol. The van der Waals surface area contributed by atoms with E-state index in [4.69, 9.17) is 9.47 Å². The summed E-state index contributed by atoms with van der Waals surface area (Å²) in [5, 5.41) is 2.37. The van der Waals surface area contributed by atoms with E-state index in [0.717, 1.165) is 16.1 Å². The molecule has 5 nitrogen and oxygen atoms in total. The Bertz CT molecular complexity index is 945. The molecule has 1 heterocycles. The average Bonchev–Trinajstić information content (AvgIpc) is 3.18. The van der Waals surface area contributed by atoms with Gasteiger partial charge in [-0.15, -0.1) is 11.3 Å². The van der Waals surface area contributed by atoms with E-state index in [2.05, 4.69) is 4.98 Å². The largest absolute Gasteiger partial charge is 0.497 e. The molecule has 0 fully saturated rings. The Morgan fingerprint density at radius 2 is 1.70 bits per heavy atom. The lowest BCUT2D eigenvalue weighted by atomic mass is 10.1. The Morgan fingerprint density at radius 3 is 2.33 bits per heavy atom. The number of ether oxygens (including phenoxy) is 2. The van der Waals surface area contributed by atoms with Crippen LogP contribution < -0.4 is 4.74 Å². The summed E-state index contributed by atoms with van der Waals surface area (Å²) in [5.74, 6) is -0.235. The van der Waals surface area contributed by atoms with Gasteiger partial charge in [-0.25, -0.2) is 9.78 Å². The van der Waals surface area contributed by atoms with Crippen molar-refractivity contribution in [3.05, 3.63) is 70.7 Å². The van der Waals surface area contributed by atoms with Crippen LogP contribution in [0.3, 0.4) is 0 Å². The number of thiazole rings is 1. The predicted molar refractivity (Wildman–Crippen MR) is 104 cm³/mol. The molecule has 0 saturated heterocycles. The Morgan fingerprint density at radius 1 is 1.04 bits per heavy atom. The van der Waals surface area contributed by atoms with Crippen molar-refractivity contribution >= 4 is 23.1 Å². The molecule has 0 radical (unpaired) electrons. The lowest BCUT2D eigenvalue weighted by Gasteiger charge is -2.11. The van der Waals surface area contributed by atoms with Crippen LogP contribution in [-0.4, -0.2) is 30.0 Å². The summed E-state index contributed by atoms with van der Waals surface area (Å²) in [7, 11) is 1.56. The molecule has 27 heavy (non-hydrogen) atoms. The average molecular weight is 381 g/mol. The molecule has 1 atom stereocenters. The van der Waals surface area contributed by atoms with E-state index in [0.29, 0.717) is 11.3 Å². The maximum absolute atomic E-state index is 12.4. The van der Waals surface area contributed by atoms with E-state index in [1.165, 1.54) is 11.3 Å². The lowest BCUT2D eigenvalue weighted by Crippen LogP contribution is -2.24. The van der Waals surface area contributed by atoms with Crippen LogP contribution in [0.5, 0.6) is 5.75 Å². The highest BCUT2D eigenvalue weighted by Crippen LogP contribution is 2.24. The number of rotatable bonds is 6. The van der Waals surface area contributed by atoms with Crippen molar-refractivity contribution in [1.82, 2.24) is 4.98 Å². The Hall–Kier alpha value is -2.99. The number of nitrogens with zero attached hydrogens (tertiary/aromatic N) is 1. The van der Waals surface area contributed by atoms with Crippen molar-refractivity contribution in [2.75, 3.05) is 7.11 Å². The number of hydrogen-bond donors (Lipinski definition) is 0. The molecule has 0 saturated carbocycles. The van der Waals surface area contributed by atoms with Gasteiger partial charge in [0.2, 0.25) is 5.78 Å². The zero-order chi connectivity index (χ0) is 19.4. The highest BCUT2D eigenvalue weighted by molar-refractivity contribution is 7.13. The van der Waals surface area contributed by atoms with Gasteiger partial charge in [-0.3, -0.25) is 4.79 Å². The Kier molecular flexibility index (Phi) is 5.66. The number of hydrogen-bond acceptors (Lipinski definition) is 6. The second-order valence-electron chi connectivity index (χ2n) is 6.04. The third kappa shape index (κ3) is 4.41. The van der Waals surface area contributed by atoms with E-state index in [9.17, 15) is 9.59 Å². The number of esters is 1. The Balaban J connectivity index is 1.67. The predicted octanol–water partition coefficient (Wildman–Crippen LogP) is 4.56.